The number of allylic oxidation sites excluding steroid dienone is 1. The quantitative estimate of drug-likeness (QED) is 0.552. The van der Waals surface area contributed by atoms with E-state index in [9.17, 15) is 0 Å². The molecule has 0 aromatic heterocycles. The third-order valence-corrected chi connectivity index (χ3v) is 7.14. The molecule has 1 aliphatic rings. The number of rotatable bonds is 4. The molecule has 2 atom stereocenters. The Bertz CT molecular complexity index is 187. The maximum Gasteiger partial charge on any atom is 0.216 e. The molecule has 1 heterocycles. The number of nitrogens with two attached hydrogens (primary N) is 1. The molecule has 1 fully saturated rings. The largest absolute Gasteiger partial charge is 0.415 e. The van der Waals surface area contributed by atoms with Crippen molar-refractivity contribution in [3.8, 4) is 0 Å². The van der Waals surface area contributed by atoms with E-state index in [1.54, 1.807) is 0 Å². The van der Waals surface area contributed by atoms with Crippen LogP contribution in [0.25, 0.3) is 0 Å². The van der Waals surface area contributed by atoms with Crippen molar-refractivity contribution in [2.45, 2.75) is 30.6 Å². The molecule has 0 aromatic rings. The first-order chi connectivity index (χ1) is 6.25. The predicted molar refractivity (Wildman–Crippen MR) is 58.9 cm³/mol. The van der Waals surface area contributed by atoms with Crippen molar-refractivity contribution in [1.29, 1.82) is 0 Å². The molecule has 1 aliphatic heterocycles. The van der Waals surface area contributed by atoms with Crippen molar-refractivity contribution in [2.75, 3.05) is 6.61 Å². The lowest BCUT2D eigenvalue weighted by molar-refractivity contribution is 0.263. The van der Waals surface area contributed by atoms with E-state index in [1.165, 1.54) is 12.8 Å². The van der Waals surface area contributed by atoms with E-state index in [-0.39, 0.29) is 5.67 Å². The van der Waals surface area contributed by atoms with Gasteiger partial charge in [-0.15, -0.1) is 13.2 Å². The first-order valence-electron chi connectivity index (χ1n) is 4.88. The fourth-order valence-electron chi connectivity index (χ4n) is 1.89. The van der Waals surface area contributed by atoms with Gasteiger partial charge in [0.15, 0.2) is 0 Å². The lowest BCUT2D eigenvalue weighted by Gasteiger charge is -2.37. The molecule has 0 spiro atoms. The van der Waals surface area contributed by atoms with Crippen molar-refractivity contribution in [2.24, 2.45) is 5.73 Å². The average Bonchev–Trinajstić information content (AvgIpc) is 2.18. The van der Waals surface area contributed by atoms with Crippen molar-refractivity contribution in [1.82, 2.24) is 0 Å². The van der Waals surface area contributed by atoms with Crippen LogP contribution in [0.1, 0.15) is 12.8 Å². The van der Waals surface area contributed by atoms with Crippen molar-refractivity contribution < 1.29 is 4.43 Å². The molecule has 0 aliphatic carbocycles. The molecule has 13 heavy (non-hydrogen) atoms. The Morgan fingerprint density at radius 1 is 1.46 bits per heavy atom. The highest BCUT2D eigenvalue weighted by molar-refractivity contribution is 6.76. The van der Waals surface area contributed by atoms with E-state index in [0.29, 0.717) is 0 Å². The summed E-state index contributed by atoms with van der Waals surface area (Å²) in [4.78, 5) is 0. The molecule has 0 radical (unpaired) electrons. The molecule has 2 N–H and O–H groups in total. The van der Waals surface area contributed by atoms with Crippen LogP contribution in [0.15, 0.2) is 25.3 Å². The van der Waals surface area contributed by atoms with Gasteiger partial charge in [-0.25, -0.2) is 0 Å². The Morgan fingerprint density at radius 2 is 2.23 bits per heavy atom. The Kier molecular flexibility index (Phi) is 3.90. The van der Waals surface area contributed by atoms with E-state index in [1.807, 2.05) is 12.2 Å². The summed E-state index contributed by atoms with van der Waals surface area (Å²) in [7, 11) is -1.74. The maximum atomic E-state index is 6.04. The zero-order valence-corrected chi connectivity index (χ0v) is 9.17. The smallest absolute Gasteiger partial charge is 0.216 e. The molecular weight excluding hydrogens is 178 g/mol. The molecule has 0 bridgehead atoms. The SMILES string of the molecule is C=CC[Si]1(C(N)C=C)CCCCO1. The Morgan fingerprint density at radius 3 is 2.69 bits per heavy atom. The average molecular weight is 197 g/mol. The summed E-state index contributed by atoms with van der Waals surface area (Å²) in [6, 6.07) is 2.12. The van der Waals surface area contributed by atoms with Crippen molar-refractivity contribution in [3.05, 3.63) is 25.3 Å². The Balaban J connectivity index is 2.71. The monoisotopic (exact) mass is 197 g/mol. The van der Waals surface area contributed by atoms with Crippen LogP contribution >= 0.6 is 0 Å². The summed E-state index contributed by atoms with van der Waals surface area (Å²) >= 11 is 0. The molecule has 3 heteroatoms. The normalized spacial score (nSPS) is 30.8. The van der Waals surface area contributed by atoms with E-state index in [4.69, 9.17) is 10.2 Å². The summed E-state index contributed by atoms with van der Waals surface area (Å²) in [6.07, 6.45) is 6.21. The summed E-state index contributed by atoms with van der Waals surface area (Å²) in [5.41, 5.74) is 6.10. The lowest BCUT2D eigenvalue weighted by atomic mass is 10.4. The van der Waals surface area contributed by atoms with Crippen LogP contribution in [0.5, 0.6) is 0 Å². The number of hydrogen-bond acceptors (Lipinski definition) is 2. The summed E-state index contributed by atoms with van der Waals surface area (Å²) in [6.45, 7) is 8.42. The molecule has 0 saturated carbocycles. The minimum atomic E-state index is -1.74. The van der Waals surface area contributed by atoms with E-state index < -0.39 is 8.32 Å². The Hall–Kier alpha value is -0.383. The molecule has 1 rings (SSSR count). The van der Waals surface area contributed by atoms with Gasteiger partial charge >= 0.3 is 0 Å². The standard InChI is InChI=1S/C10H19NOSi/c1-3-8-13(10(11)4-2)9-6-5-7-12-13/h3-4,10H,1-2,5-9,11H2. The highest BCUT2D eigenvalue weighted by atomic mass is 28.4. The third-order valence-electron chi connectivity index (χ3n) is 2.74. The molecule has 74 valence electrons. The number of hydrogen-bond donors (Lipinski definition) is 1. The van der Waals surface area contributed by atoms with Gasteiger partial charge in [0.2, 0.25) is 8.32 Å². The topological polar surface area (TPSA) is 35.2 Å². The summed E-state index contributed by atoms with van der Waals surface area (Å²) < 4.78 is 5.93. The highest BCUT2D eigenvalue weighted by Gasteiger charge is 2.40. The molecule has 0 amide bonds. The van der Waals surface area contributed by atoms with Crippen LogP contribution in [0, 0.1) is 0 Å². The van der Waals surface area contributed by atoms with Crippen LogP contribution in [0.3, 0.4) is 0 Å². The minimum absolute atomic E-state index is 0.0609. The molecule has 1 saturated heterocycles. The molecular formula is C10H19NOSi. The highest BCUT2D eigenvalue weighted by Crippen LogP contribution is 2.28. The van der Waals surface area contributed by atoms with Gasteiger partial charge in [0.1, 0.15) is 0 Å². The first kappa shape index (κ1) is 10.7. The second-order valence-corrected chi connectivity index (χ2v) is 7.62. The third kappa shape index (κ3) is 2.30. The second kappa shape index (κ2) is 4.74. The molecule has 2 unspecified atom stereocenters. The van der Waals surface area contributed by atoms with Crippen LogP contribution in [-0.4, -0.2) is 20.6 Å². The zero-order chi connectivity index (χ0) is 9.73. The van der Waals surface area contributed by atoms with Gasteiger partial charge in [0.05, 0.1) is 0 Å². The van der Waals surface area contributed by atoms with E-state index in [2.05, 4.69) is 13.2 Å². The Labute approximate surface area is 81.6 Å². The van der Waals surface area contributed by atoms with Crippen LogP contribution in [-0.2, 0) is 4.43 Å². The van der Waals surface area contributed by atoms with Gasteiger partial charge in [0, 0.05) is 12.3 Å². The van der Waals surface area contributed by atoms with Gasteiger partial charge in [-0.1, -0.05) is 18.6 Å². The fourth-order valence-corrected chi connectivity index (χ4v) is 5.47. The lowest BCUT2D eigenvalue weighted by Crippen LogP contribution is -2.55. The van der Waals surface area contributed by atoms with E-state index >= 15 is 0 Å². The molecule has 0 aromatic carbocycles. The second-order valence-electron chi connectivity index (χ2n) is 3.62. The van der Waals surface area contributed by atoms with Gasteiger partial charge in [-0.3, -0.25) is 0 Å². The van der Waals surface area contributed by atoms with Crippen molar-refractivity contribution >= 4 is 8.32 Å². The van der Waals surface area contributed by atoms with Crippen LogP contribution in [0.4, 0.5) is 0 Å². The van der Waals surface area contributed by atoms with Gasteiger partial charge < -0.3 is 10.2 Å². The van der Waals surface area contributed by atoms with Crippen molar-refractivity contribution in [3.63, 3.8) is 0 Å². The van der Waals surface area contributed by atoms with E-state index in [0.717, 1.165) is 18.7 Å². The predicted octanol–water partition coefficient (Wildman–Crippen LogP) is 1.98. The van der Waals surface area contributed by atoms with Gasteiger partial charge in [-0.05, 0) is 18.5 Å². The first-order valence-corrected chi connectivity index (χ1v) is 7.28. The fraction of sp³-hybridized carbons (Fsp3) is 0.600. The van der Waals surface area contributed by atoms with Crippen LogP contribution in [0.2, 0.25) is 12.1 Å². The van der Waals surface area contributed by atoms with Gasteiger partial charge in [0.25, 0.3) is 0 Å². The maximum absolute atomic E-state index is 6.04. The molecule has 2 nitrogen and oxygen atoms in total. The summed E-state index contributed by atoms with van der Waals surface area (Å²) in [5.74, 6) is 0. The zero-order valence-electron chi connectivity index (χ0n) is 8.17. The van der Waals surface area contributed by atoms with Crippen LogP contribution < -0.4 is 5.73 Å². The minimum Gasteiger partial charge on any atom is -0.415 e. The summed E-state index contributed by atoms with van der Waals surface area (Å²) in [5, 5.41) is 0. The van der Waals surface area contributed by atoms with Gasteiger partial charge in [-0.2, -0.15) is 0 Å².